The number of rotatable bonds is 4. The van der Waals surface area contributed by atoms with Crippen molar-refractivity contribution < 1.29 is 9.59 Å². The molecule has 1 aliphatic carbocycles. The highest BCUT2D eigenvalue weighted by Gasteiger charge is 2.15. The van der Waals surface area contributed by atoms with Crippen molar-refractivity contribution in [2.24, 2.45) is 0 Å². The smallest absolute Gasteiger partial charge is 0.224 e. The summed E-state index contributed by atoms with van der Waals surface area (Å²) < 4.78 is 0. The maximum atomic E-state index is 12.1. The fraction of sp³-hybridized carbons (Fsp3) is 0.556. The molecule has 0 spiro atoms. The predicted molar refractivity (Wildman–Crippen MR) is 88.9 cm³/mol. The van der Waals surface area contributed by atoms with Crippen LogP contribution < -0.4 is 10.2 Å². The number of nitrogens with one attached hydrogen (secondary N) is 1. The molecule has 0 aliphatic heterocycles. The first-order valence-corrected chi connectivity index (χ1v) is 8.19. The highest BCUT2D eigenvalue weighted by atomic mass is 16.2. The van der Waals surface area contributed by atoms with E-state index in [0.717, 1.165) is 24.1 Å². The lowest BCUT2D eigenvalue weighted by Gasteiger charge is -2.17. The standard InChI is InChI=1S/C18H26N2O2/c1-14(21)20(2)17-11-9-15(10-12-17)13-18(22)19-16-7-5-3-4-6-8-16/h9-12,16H,3-8,13H2,1-2H3,(H,19,22). The highest BCUT2D eigenvalue weighted by Crippen LogP contribution is 2.18. The van der Waals surface area contributed by atoms with Gasteiger partial charge in [-0.3, -0.25) is 9.59 Å². The Bertz CT molecular complexity index is 502. The van der Waals surface area contributed by atoms with Gasteiger partial charge in [0, 0.05) is 25.7 Å². The van der Waals surface area contributed by atoms with E-state index in [9.17, 15) is 9.59 Å². The van der Waals surface area contributed by atoms with Crippen LogP contribution in [0.3, 0.4) is 0 Å². The van der Waals surface area contributed by atoms with Gasteiger partial charge < -0.3 is 10.2 Å². The molecule has 22 heavy (non-hydrogen) atoms. The Morgan fingerprint density at radius 2 is 1.68 bits per heavy atom. The summed E-state index contributed by atoms with van der Waals surface area (Å²) in [6, 6.07) is 7.95. The highest BCUT2D eigenvalue weighted by molar-refractivity contribution is 5.90. The molecule has 1 saturated carbocycles. The van der Waals surface area contributed by atoms with Crippen LogP contribution in [-0.4, -0.2) is 24.9 Å². The zero-order valence-corrected chi connectivity index (χ0v) is 13.6. The van der Waals surface area contributed by atoms with Crippen LogP contribution in [-0.2, 0) is 16.0 Å². The molecule has 4 nitrogen and oxygen atoms in total. The Morgan fingerprint density at radius 1 is 1.09 bits per heavy atom. The Hall–Kier alpha value is -1.84. The van der Waals surface area contributed by atoms with Gasteiger partial charge in [-0.1, -0.05) is 37.8 Å². The summed E-state index contributed by atoms with van der Waals surface area (Å²) in [5, 5.41) is 3.16. The van der Waals surface area contributed by atoms with Crippen LogP contribution in [0.2, 0.25) is 0 Å². The number of hydrogen-bond acceptors (Lipinski definition) is 2. The van der Waals surface area contributed by atoms with Gasteiger partial charge in [0.15, 0.2) is 0 Å². The third kappa shape index (κ3) is 4.86. The van der Waals surface area contributed by atoms with Gasteiger partial charge in [0.1, 0.15) is 0 Å². The average Bonchev–Trinajstić information content (AvgIpc) is 2.75. The van der Waals surface area contributed by atoms with Gasteiger partial charge in [-0.05, 0) is 30.5 Å². The summed E-state index contributed by atoms with van der Waals surface area (Å²) in [6.07, 6.45) is 7.63. The lowest BCUT2D eigenvalue weighted by molar-refractivity contribution is -0.121. The second-order valence-corrected chi connectivity index (χ2v) is 6.18. The Balaban J connectivity index is 1.87. The number of carbonyl (C=O) groups excluding carboxylic acids is 2. The number of nitrogens with zero attached hydrogens (tertiary/aromatic N) is 1. The summed E-state index contributed by atoms with van der Waals surface area (Å²) in [5.41, 5.74) is 1.83. The van der Waals surface area contributed by atoms with E-state index in [4.69, 9.17) is 0 Å². The van der Waals surface area contributed by atoms with Crippen molar-refractivity contribution in [2.45, 2.75) is 57.9 Å². The van der Waals surface area contributed by atoms with Crippen LogP contribution in [0.25, 0.3) is 0 Å². The number of benzene rings is 1. The fourth-order valence-corrected chi connectivity index (χ4v) is 2.91. The van der Waals surface area contributed by atoms with E-state index in [1.807, 2.05) is 24.3 Å². The van der Waals surface area contributed by atoms with Crippen LogP contribution in [0.1, 0.15) is 51.0 Å². The Kier molecular flexibility index (Phi) is 5.99. The van der Waals surface area contributed by atoms with Gasteiger partial charge in [0.05, 0.1) is 6.42 Å². The van der Waals surface area contributed by atoms with E-state index in [1.165, 1.54) is 32.6 Å². The molecule has 0 radical (unpaired) electrons. The fourth-order valence-electron chi connectivity index (χ4n) is 2.91. The summed E-state index contributed by atoms with van der Waals surface area (Å²) in [5.74, 6) is 0.0958. The van der Waals surface area contributed by atoms with Crippen LogP contribution in [0.5, 0.6) is 0 Å². The Morgan fingerprint density at radius 3 is 2.23 bits per heavy atom. The average molecular weight is 302 g/mol. The lowest BCUT2D eigenvalue weighted by Crippen LogP contribution is -2.35. The first-order valence-electron chi connectivity index (χ1n) is 8.19. The van der Waals surface area contributed by atoms with E-state index in [0.29, 0.717) is 12.5 Å². The number of hydrogen-bond donors (Lipinski definition) is 1. The zero-order valence-electron chi connectivity index (χ0n) is 13.6. The topological polar surface area (TPSA) is 49.4 Å². The minimum Gasteiger partial charge on any atom is -0.353 e. The molecule has 0 heterocycles. The van der Waals surface area contributed by atoms with E-state index in [1.54, 1.807) is 11.9 Å². The minimum absolute atomic E-state index is 0.00106. The van der Waals surface area contributed by atoms with Crippen molar-refractivity contribution in [2.75, 3.05) is 11.9 Å². The molecule has 0 bridgehead atoms. The molecule has 1 aromatic carbocycles. The molecular weight excluding hydrogens is 276 g/mol. The molecule has 1 aromatic rings. The second-order valence-electron chi connectivity index (χ2n) is 6.18. The van der Waals surface area contributed by atoms with Gasteiger partial charge in [-0.15, -0.1) is 0 Å². The van der Waals surface area contributed by atoms with Crippen molar-refractivity contribution in [3.63, 3.8) is 0 Å². The monoisotopic (exact) mass is 302 g/mol. The first-order chi connectivity index (χ1) is 10.6. The van der Waals surface area contributed by atoms with E-state index in [-0.39, 0.29) is 11.8 Å². The molecule has 1 aliphatic rings. The van der Waals surface area contributed by atoms with Crippen molar-refractivity contribution >= 4 is 17.5 Å². The molecular formula is C18H26N2O2. The molecule has 0 saturated heterocycles. The summed E-state index contributed by atoms with van der Waals surface area (Å²) in [6.45, 7) is 1.54. The zero-order chi connectivity index (χ0) is 15.9. The summed E-state index contributed by atoms with van der Waals surface area (Å²) in [7, 11) is 1.75. The largest absolute Gasteiger partial charge is 0.353 e. The summed E-state index contributed by atoms with van der Waals surface area (Å²) in [4.78, 5) is 25.1. The first kappa shape index (κ1) is 16.5. The van der Waals surface area contributed by atoms with Crippen molar-refractivity contribution in [1.82, 2.24) is 5.32 Å². The van der Waals surface area contributed by atoms with Gasteiger partial charge in [-0.2, -0.15) is 0 Å². The second kappa shape index (κ2) is 7.97. The van der Waals surface area contributed by atoms with Gasteiger partial charge in [0.2, 0.25) is 11.8 Å². The molecule has 2 rings (SSSR count). The summed E-state index contributed by atoms with van der Waals surface area (Å²) >= 11 is 0. The predicted octanol–water partition coefficient (Wildman–Crippen LogP) is 3.05. The van der Waals surface area contributed by atoms with E-state index < -0.39 is 0 Å². The van der Waals surface area contributed by atoms with Crippen LogP contribution in [0, 0.1) is 0 Å². The molecule has 4 heteroatoms. The van der Waals surface area contributed by atoms with Crippen LogP contribution in [0.15, 0.2) is 24.3 Å². The quantitative estimate of drug-likeness (QED) is 0.869. The Labute approximate surface area is 132 Å². The number of amides is 2. The molecule has 120 valence electrons. The lowest BCUT2D eigenvalue weighted by atomic mass is 10.1. The minimum atomic E-state index is -0.00106. The number of anilines is 1. The normalized spacial score (nSPS) is 15.9. The third-order valence-electron chi connectivity index (χ3n) is 4.38. The molecule has 0 atom stereocenters. The van der Waals surface area contributed by atoms with Crippen LogP contribution >= 0.6 is 0 Å². The molecule has 1 fully saturated rings. The number of carbonyl (C=O) groups is 2. The van der Waals surface area contributed by atoms with E-state index >= 15 is 0 Å². The molecule has 0 unspecified atom stereocenters. The van der Waals surface area contributed by atoms with Gasteiger partial charge in [-0.25, -0.2) is 0 Å². The van der Waals surface area contributed by atoms with E-state index in [2.05, 4.69) is 5.32 Å². The maximum absolute atomic E-state index is 12.1. The van der Waals surface area contributed by atoms with Crippen molar-refractivity contribution in [3.8, 4) is 0 Å². The third-order valence-corrected chi connectivity index (χ3v) is 4.38. The van der Waals surface area contributed by atoms with Crippen molar-refractivity contribution in [3.05, 3.63) is 29.8 Å². The van der Waals surface area contributed by atoms with Gasteiger partial charge in [0.25, 0.3) is 0 Å². The SMILES string of the molecule is CC(=O)N(C)c1ccc(CC(=O)NC2CCCCCC2)cc1. The van der Waals surface area contributed by atoms with Crippen LogP contribution in [0.4, 0.5) is 5.69 Å². The molecule has 2 amide bonds. The maximum Gasteiger partial charge on any atom is 0.224 e. The molecule has 0 aromatic heterocycles. The molecule has 1 N–H and O–H groups in total. The van der Waals surface area contributed by atoms with Crippen molar-refractivity contribution in [1.29, 1.82) is 0 Å². The van der Waals surface area contributed by atoms with Gasteiger partial charge >= 0.3 is 0 Å².